The molecule has 5 aliphatic rings. The molecule has 24 atom stereocenters. The van der Waals surface area contributed by atoms with Gasteiger partial charge in [0.05, 0.1) is 174 Å². The lowest BCUT2D eigenvalue weighted by atomic mass is 9.97. The van der Waals surface area contributed by atoms with Crippen LogP contribution in [0.5, 0.6) is 0 Å². The Morgan fingerprint density at radius 2 is 0.797 bits per heavy atom. The molecule has 0 radical (unpaired) electrons. The van der Waals surface area contributed by atoms with Crippen LogP contribution in [0.4, 0.5) is 0 Å². The van der Waals surface area contributed by atoms with Gasteiger partial charge in [-0.2, -0.15) is 0 Å². The number of unbranched alkanes of at least 4 members (excludes halogenated alkanes) is 4. The quantitative estimate of drug-likeness (QED) is 0.0144. The molecule has 0 aliphatic carbocycles. The Kier molecular flexibility index (Phi) is 48.4. The Balaban J connectivity index is 0.0000218. The molecule has 1 unspecified atom stereocenters. The van der Waals surface area contributed by atoms with Gasteiger partial charge in [-0.05, 0) is 32.2 Å². The summed E-state index contributed by atoms with van der Waals surface area (Å²) in [6.07, 6.45) is -13.2. The first-order valence-corrected chi connectivity index (χ1v) is 45.4. The van der Waals surface area contributed by atoms with Crippen LogP contribution in [0.15, 0.2) is 24.8 Å². The molecule has 0 saturated carbocycles. The smallest absolute Gasteiger partial charge is 0.268 e. The van der Waals surface area contributed by atoms with Crippen molar-refractivity contribution in [3.8, 4) is 0 Å². The minimum absolute atomic E-state index is 0. The highest BCUT2D eigenvalue weighted by Crippen LogP contribution is 2.43. The SMILES string of the molecule is C.CO[C@H]1OCC[C@@H]1OP(=O)([O-])OCCCCCCNC(=O)[C@H](CCCCN(Cc1cn(CCOCCO[C@@H]2O[C@H](CO)[C@H](O)[C@H](O)[C@H]2NC(C)=O)nn1)Cc1cn(CCOCCO[C@@H]2O[C@H](CO)[C@H](O)[C@H](O)[C@H]2NC(C)=O)nn1)N(Cc1cn(CCOCCO[C@@H]2O[C@H](CO)[C@H](O)[C@H](O)[C@H]2NC(C)=O)nn1)Cc1cn(CCOCCO[C@@H]2O[C@H](CO)[C@H](O)[C@H](O)[C@H]2NC(C)=O)nn1. The number of hydrogen-bond acceptors (Lipinski definition) is 45. The number of amides is 5. The molecule has 758 valence electrons. The van der Waals surface area contributed by atoms with Crippen molar-refractivity contribution >= 4 is 37.4 Å². The van der Waals surface area contributed by atoms with Crippen molar-refractivity contribution in [2.75, 3.05) is 139 Å². The van der Waals surface area contributed by atoms with Gasteiger partial charge < -0.3 is 168 Å². The zero-order valence-electron chi connectivity index (χ0n) is 74.5. The molecule has 54 nitrogen and oxygen atoms in total. The number of nitrogens with one attached hydrogen (secondary N) is 5. The van der Waals surface area contributed by atoms with E-state index in [-0.39, 0.29) is 171 Å². The number of aliphatic hydroxyl groups is 12. The fourth-order valence-electron chi connectivity index (χ4n) is 15.1. The van der Waals surface area contributed by atoms with Crippen LogP contribution in [0.2, 0.25) is 0 Å². The van der Waals surface area contributed by atoms with Crippen LogP contribution in [-0.4, -0.2) is 441 Å². The first-order valence-electron chi connectivity index (χ1n) is 43.9. The number of phosphoric acid groups is 1. The molecule has 4 aromatic rings. The normalized spacial score (nSPS) is 28.0. The predicted octanol–water partition coefficient (Wildman–Crippen LogP) is -9.22. The summed E-state index contributed by atoms with van der Waals surface area (Å²) in [5.41, 5.74) is 1.98. The van der Waals surface area contributed by atoms with E-state index in [2.05, 4.69) is 72.7 Å². The maximum atomic E-state index is 15.2. The highest BCUT2D eigenvalue weighted by Gasteiger charge is 2.50. The lowest BCUT2D eigenvalue weighted by Gasteiger charge is -2.42. The van der Waals surface area contributed by atoms with Crippen LogP contribution in [0.3, 0.4) is 0 Å². The molecule has 0 bridgehead atoms. The van der Waals surface area contributed by atoms with Gasteiger partial charge in [0.25, 0.3) is 7.82 Å². The minimum atomic E-state index is -4.71. The number of aromatic nitrogens is 12. The molecular weight excluding hydrogens is 1790 g/mol. The van der Waals surface area contributed by atoms with Gasteiger partial charge in [0.1, 0.15) is 104 Å². The van der Waals surface area contributed by atoms with Gasteiger partial charge >= 0.3 is 0 Å². The summed E-state index contributed by atoms with van der Waals surface area (Å²) in [7, 11) is -3.33. The molecule has 55 heteroatoms. The molecule has 0 spiro atoms. The van der Waals surface area contributed by atoms with Crippen molar-refractivity contribution in [2.24, 2.45) is 0 Å². The summed E-state index contributed by atoms with van der Waals surface area (Å²) in [5, 5.41) is 173. The van der Waals surface area contributed by atoms with Crippen molar-refractivity contribution in [2.45, 2.75) is 280 Å². The number of hydrogen-bond donors (Lipinski definition) is 17. The number of carbonyl (C=O) groups excluding carboxylic acids is 5. The molecule has 5 amide bonds. The number of carbonyl (C=O) groups is 5. The fraction of sp³-hybridized carbons (Fsp3) is 0.833. The zero-order valence-corrected chi connectivity index (χ0v) is 75.4. The van der Waals surface area contributed by atoms with Crippen molar-refractivity contribution < 1.29 is 170 Å². The van der Waals surface area contributed by atoms with E-state index < -0.39 is 199 Å². The number of phosphoric ester groups is 1. The Bertz CT molecular complexity index is 3860. The van der Waals surface area contributed by atoms with Gasteiger partial charge in [0, 0.05) is 98.7 Å². The molecule has 0 aromatic carbocycles. The van der Waals surface area contributed by atoms with E-state index in [1.54, 1.807) is 43.5 Å². The second kappa shape index (κ2) is 57.9. The second-order valence-electron chi connectivity index (χ2n) is 32.1. The van der Waals surface area contributed by atoms with E-state index in [4.69, 9.17) is 75.4 Å². The lowest BCUT2D eigenvalue weighted by molar-refractivity contribution is -0.272. The monoisotopic (exact) mass is 1930 g/mol. The van der Waals surface area contributed by atoms with E-state index in [0.717, 1.165) is 0 Å². The number of ether oxygens (including phenoxy) is 14. The average molecular weight is 1930 g/mol. The number of rotatable bonds is 62. The average Bonchev–Trinajstić information content (AvgIpc) is 1.22. The van der Waals surface area contributed by atoms with E-state index in [9.17, 15) is 89.9 Å². The summed E-state index contributed by atoms with van der Waals surface area (Å²) in [4.78, 5) is 79.9. The highest BCUT2D eigenvalue weighted by molar-refractivity contribution is 7.45. The Labute approximate surface area is 767 Å². The van der Waals surface area contributed by atoms with Gasteiger partial charge in [-0.15, -0.1) is 20.4 Å². The summed E-state index contributed by atoms with van der Waals surface area (Å²) >= 11 is 0. The third-order valence-corrected chi connectivity index (χ3v) is 22.8. The van der Waals surface area contributed by atoms with Crippen molar-refractivity contribution in [1.29, 1.82) is 0 Å². The summed E-state index contributed by atoms with van der Waals surface area (Å²) in [5.74, 6) is -2.42. The maximum Gasteiger partial charge on any atom is 0.268 e. The topological polar surface area (TPSA) is 705 Å². The number of nitrogens with zero attached hydrogens (tertiary/aromatic N) is 14. The number of methoxy groups -OCH3 is 1. The fourth-order valence-corrected chi connectivity index (χ4v) is 16.1. The Morgan fingerprint density at radius 3 is 1.13 bits per heavy atom. The summed E-state index contributed by atoms with van der Waals surface area (Å²) < 4.78 is 109. The third-order valence-electron chi connectivity index (χ3n) is 21.8. The van der Waals surface area contributed by atoms with Crippen LogP contribution in [0.25, 0.3) is 0 Å². The molecule has 5 saturated heterocycles. The van der Waals surface area contributed by atoms with Crippen LogP contribution in [0, 0.1) is 0 Å². The molecule has 5 aliphatic heterocycles. The van der Waals surface area contributed by atoms with E-state index >= 15 is 4.79 Å². The number of aliphatic hydroxyl groups excluding tert-OH is 12. The van der Waals surface area contributed by atoms with Crippen LogP contribution in [-0.2, 0) is 156 Å². The van der Waals surface area contributed by atoms with E-state index in [1.807, 2.05) is 4.90 Å². The molecule has 9 rings (SSSR count). The van der Waals surface area contributed by atoms with Gasteiger partial charge in [-0.3, -0.25) is 38.3 Å². The maximum absolute atomic E-state index is 15.2. The Hall–Kier alpha value is -7.10. The van der Waals surface area contributed by atoms with Crippen molar-refractivity contribution in [3.05, 3.63) is 47.6 Å². The van der Waals surface area contributed by atoms with Gasteiger partial charge in [-0.25, -0.2) is 18.7 Å². The van der Waals surface area contributed by atoms with Crippen LogP contribution < -0.4 is 31.5 Å². The standard InChI is InChI=1S/C77H132N19O35P.CH4/c1-46(101)79-60-68(109)64(105)56(42-97)127-74(60)122-30-26-117-22-16-93-38-50(83-87-93)34-91(35-51-39-94(88-84-51)17-23-118-27-31-123-75-61(80-47(2)102)69(110)65(106)57(43-98)128-75)15-10-8-12-54(72(113)78-14-9-6-7-11-20-126-132(114,115)131-55-13-21-121-73(55)116-5)92(36-52-40-95(89-85-52)18-24-119-28-32-124-76-62(81-48(3)103)70(111)66(107)58(44-99)129-76)37-53-41-96(90-86-53)19-25-120-29-33-125-77-63(82-49(4)104)71(112)67(108)59(45-100)130-77;/h38-41,54-71,73-77,97-100,105-112H,6-37,42-45H2,1-5H3,(H,78,113)(H,79,101)(H,80,102)(H,81,103)(H,82,104)(H,114,115);1H4/p-1/t54-,55-,56+,57+,58+,59+,60+,61+,62+,63+,64-,65-,66-,67-,68+,69+,70+,71+,73-,74+,75+,76+,77+;/m0./s1. The predicted molar refractivity (Wildman–Crippen MR) is 448 cm³/mol. The second-order valence-corrected chi connectivity index (χ2v) is 33.4. The zero-order chi connectivity index (χ0) is 95.2. The first kappa shape index (κ1) is 111. The Morgan fingerprint density at radius 1 is 0.459 bits per heavy atom. The van der Waals surface area contributed by atoms with Crippen LogP contribution >= 0.6 is 7.82 Å². The van der Waals surface area contributed by atoms with Crippen LogP contribution in [0.1, 0.15) is 109 Å². The molecule has 9 heterocycles. The van der Waals surface area contributed by atoms with E-state index in [1.165, 1.54) is 34.8 Å². The minimum Gasteiger partial charge on any atom is -0.756 e. The largest absolute Gasteiger partial charge is 0.756 e. The molecule has 133 heavy (non-hydrogen) atoms. The summed E-state index contributed by atoms with van der Waals surface area (Å²) in [6.45, 7) is 4.62. The van der Waals surface area contributed by atoms with E-state index in [0.29, 0.717) is 74.3 Å². The van der Waals surface area contributed by atoms with Gasteiger partial charge in [0.15, 0.2) is 31.5 Å². The van der Waals surface area contributed by atoms with Crippen molar-refractivity contribution in [1.82, 2.24) is 96.4 Å². The summed E-state index contributed by atoms with van der Waals surface area (Å²) in [6, 6.07) is -5.52. The third kappa shape index (κ3) is 36.0. The van der Waals surface area contributed by atoms with Gasteiger partial charge in [0.2, 0.25) is 29.5 Å². The molecular formula is C78H135N19O35P-. The first-order chi connectivity index (χ1) is 63.5. The van der Waals surface area contributed by atoms with Crippen molar-refractivity contribution in [3.63, 3.8) is 0 Å². The highest BCUT2D eigenvalue weighted by atomic mass is 31.2. The molecule has 4 aromatic heterocycles. The molecule has 17 N–H and O–H groups in total. The van der Waals surface area contributed by atoms with Gasteiger partial charge in [-0.1, -0.05) is 47.5 Å². The lowest BCUT2D eigenvalue weighted by Crippen LogP contribution is -2.64. The molecule has 5 fully saturated rings.